The number of aliphatic hydroxyl groups is 2. The van der Waals surface area contributed by atoms with E-state index in [1.165, 1.54) is 18.1 Å². The number of hydrogen-bond donors (Lipinski definition) is 4. The molecule has 3 heterocycles. The van der Waals surface area contributed by atoms with Crippen LogP contribution in [-0.2, 0) is 9.53 Å². The molecule has 2 aliphatic heterocycles. The molecule has 0 unspecified atom stereocenters. The number of carbonyl (C=O) groups is 1. The number of anilines is 1. The molecule has 11 nitrogen and oxygen atoms in total. The fourth-order valence-electron chi connectivity index (χ4n) is 2.84. The lowest BCUT2D eigenvalue weighted by Crippen LogP contribution is -2.68. The van der Waals surface area contributed by atoms with E-state index in [0.717, 1.165) is 0 Å². The molecule has 1 aromatic heterocycles. The lowest BCUT2D eigenvalue weighted by molar-refractivity contribution is -0.437. The van der Waals surface area contributed by atoms with Crippen molar-refractivity contribution in [2.24, 2.45) is 10.2 Å². The first kappa shape index (κ1) is 18.9. The van der Waals surface area contributed by atoms with Gasteiger partial charge in [0.15, 0.2) is 11.5 Å². The number of carboxylic acids is 1. The molecule has 2 aliphatic rings. The number of aliphatic hydroxyl groups excluding tert-OH is 2. The maximum atomic E-state index is 10.6. The number of carboxylic acid groups (broad SMARTS) is 1. The highest BCUT2D eigenvalue weighted by molar-refractivity contribution is 7.99. The third-order valence-corrected chi connectivity index (χ3v) is 5.47. The Balaban J connectivity index is 1.58. The molecule has 0 aromatic carbocycles. The zero-order valence-corrected chi connectivity index (χ0v) is 14.6. The predicted molar refractivity (Wildman–Crippen MR) is 88.0 cm³/mol. The number of nitrogens with zero attached hydrogens (tertiary/aromatic N) is 4. The molecule has 12 heteroatoms. The van der Waals surface area contributed by atoms with E-state index >= 15 is 0 Å². The lowest BCUT2D eigenvalue weighted by atomic mass is 10.0. The Morgan fingerprint density at radius 3 is 2.92 bits per heavy atom. The highest BCUT2D eigenvalue weighted by atomic mass is 32.2. The van der Waals surface area contributed by atoms with Crippen molar-refractivity contribution < 1.29 is 30.6 Å². The van der Waals surface area contributed by atoms with Gasteiger partial charge in [0.05, 0.1) is 12.1 Å². The van der Waals surface area contributed by atoms with E-state index in [0.29, 0.717) is 29.3 Å². The number of thioether (sulfide) groups is 1. The zero-order chi connectivity index (χ0) is 18.8. The third kappa shape index (κ3) is 3.64. The molecule has 0 bridgehead atoms. The summed E-state index contributed by atoms with van der Waals surface area (Å²) in [7, 11) is 0. The first-order valence-electron chi connectivity index (χ1n) is 8.04. The van der Waals surface area contributed by atoms with Crippen molar-refractivity contribution in [2.75, 3.05) is 17.2 Å². The number of carbonyl (C=O) groups excluding carboxylic acids is 1. The first-order valence-corrected chi connectivity index (χ1v) is 9.20. The number of rotatable bonds is 7. The first-order chi connectivity index (χ1) is 12.4. The van der Waals surface area contributed by atoms with Crippen LogP contribution in [0.15, 0.2) is 16.6 Å². The Morgan fingerprint density at radius 2 is 2.19 bits per heavy atom. The lowest BCUT2D eigenvalue weighted by Gasteiger charge is -2.18. The molecule has 7 N–H and O–H groups in total. The van der Waals surface area contributed by atoms with Crippen molar-refractivity contribution in [3.05, 3.63) is 12.0 Å². The summed E-state index contributed by atoms with van der Waals surface area (Å²) < 4.78 is 5.80. The minimum atomic E-state index is -1.19. The Kier molecular flexibility index (Phi) is 5.67. The van der Waals surface area contributed by atoms with Crippen LogP contribution >= 0.6 is 11.8 Å². The van der Waals surface area contributed by atoms with Crippen LogP contribution in [0, 0.1) is 0 Å². The highest BCUT2D eigenvalue weighted by Gasteiger charge is 2.49. The van der Waals surface area contributed by atoms with Gasteiger partial charge in [-0.15, -0.1) is 5.11 Å². The second-order valence-electron chi connectivity index (χ2n) is 6.15. The largest absolute Gasteiger partial charge is 0.544 e. The SMILES string of the molecule is Nc1ncnc2c1N=N[C@H]2[C@@H]1O[C@H](CSCC[C@H]([NH3+])C(=O)[O-])[C@@H](O)[C@H]1O. The number of hydrogen-bond acceptors (Lipinski definition) is 11. The monoisotopic (exact) mass is 384 g/mol. The number of aromatic nitrogens is 2. The van der Waals surface area contributed by atoms with Crippen LogP contribution in [0.1, 0.15) is 18.2 Å². The van der Waals surface area contributed by atoms with Gasteiger partial charge in [0.1, 0.15) is 42.4 Å². The number of nitrogen functional groups attached to an aromatic ring is 1. The Hall–Kier alpha value is -1.86. The van der Waals surface area contributed by atoms with Gasteiger partial charge in [-0.2, -0.15) is 16.9 Å². The van der Waals surface area contributed by atoms with E-state index in [-0.39, 0.29) is 5.82 Å². The van der Waals surface area contributed by atoms with Crippen LogP contribution in [0.3, 0.4) is 0 Å². The molecule has 1 fully saturated rings. The summed E-state index contributed by atoms with van der Waals surface area (Å²) >= 11 is 1.41. The topological polar surface area (TPSA) is 194 Å². The third-order valence-electron chi connectivity index (χ3n) is 4.38. The number of quaternary nitrogens is 1. The number of aliphatic carboxylic acids is 1. The minimum absolute atomic E-state index is 0.192. The maximum Gasteiger partial charge on any atom is 0.155 e. The van der Waals surface area contributed by atoms with E-state index in [1.807, 2.05) is 0 Å². The standard InChI is InChI=1S/C14H20N6O5S/c15-5(14(23)24)1-2-26-3-6-10(21)11(22)12(25-6)8-7-9(20-19-8)13(16)18-4-17-7/h4-6,8,10-12,21-22H,1-3,15H2,(H,23,24)(H2,16,17,18)/t5-,6+,8+,10+,11+,12-/m0/s1. The van der Waals surface area contributed by atoms with Crippen LogP contribution in [0.2, 0.25) is 0 Å². The van der Waals surface area contributed by atoms with Gasteiger partial charge >= 0.3 is 0 Å². The van der Waals surface area contributed by atoms with E-state index in [2.05, 4.69) is 25.9 Å². The summed E-state index contributed by atoms with van der Waals surface area (Å²) in [4.78, 5) is 18.6. The van der Waals surface area contributed by atoms with Crippen LogP contribution in [-0.4, -0.2) is 68.1 Å². The van der Waals surface area contributed by atoms with E-state index in [9.17, 15) is 20.1 Å². The quantitative estimate of drug-likeness (QED) is 0.358. The van der Waals surface area contributed by atoms with Crippen molar-refractivity contribution >= 4 is 29.2 Å². The molecular weight excluding hydrogens is 364 g/mol. The molecule has 6 atom stereocenters. The fourth-order valence-corrected chi connectivity index (χ4v) is 3.97. The normalized spacial score (nSPS) is 31.1. The minimum Gasteiger partial charge on any atom is -0.544 e. The van der Waals surface area contributed by atoms with E-state index in [1.54, 1.807) is 0 Å². The summed E-state index contributed by atoms with van der Waals surface area (Å²) in [6.45, 7) is 0. The van der Waals surface area contributed by atoms with Gasteiger partial charge in [-0.3, -0.25) is 0 Å². The summed E-state index contributed by atoms with van der Waals surface area (Å²) in [5.74, 6) is -0.0932. The molecule has 142 valence electrons. The molecule has 1 aromatic rings. The molecule has 0 spiro atoms. The van der Waals surface area contributed by atoms with Crippen molar-refractivity contribution in [1.82, 2.24) is 9.97 Å². The van der Waals surface area contributed by atoms with Crippen molar-refractivity contribution in [3.8, 4) is 0 Å². The van der Waals surface area contributed by atoms with Gasteiger partial charge in [0.2, 0.25) is 0 Å². The van der Waals surface area contributed by atoms with E-state index in [4.69, 9.17) is 10.5 Å². The second kappa shape index (κ2) is 7.80. The van der Waals surface area contributed by atoms with Gasteiger partial charge < -0.3 is 36.3 Å². The van der Waals surface area contributed by atoms with Gasteiger partial charge in [-0.1, -0.05) is 0 Å². The van der Waals surface area contributed by atoms with Crippen molar-refractivity contribution in [3.63, 3.8) is 0 Å². The summed E-state index contributed by atoms with van der Waals surface area (Å²) in [5, 5.41) is 39.3. The number of fused-ring (bicyclic) bond motifs is 1. The molecule has 0 amide bonds. The maximum absolute atomic E-state index is 10.6. The van der Waals surface area contributed by atoms with Crippen LogP contribution in [0.4, 0.5) is 11.5 Å². The molecule has 0 radical (unpaired) electrons. The Labute approximate surface area is 152 Å². The molecule has 3 rings (SSSR count). The Morgan fingerprint density at radius 1 is 1.42 bits per heavy atom. The highest BCUT2D eigenvalue weighted by Crippen LogP contribution is 2.43. The van der Waals surface area contributed by atoms with Gasteiger partial charge in [-0.05, 0) is 5.75 Å². The smallest absolute Gasteiger partial charge is 0.155 e. The summed E-state index contributed by atoms with van der Waals surface area (Å²) in [6.07, 6.45) is -2.04. The molecular formula is C14H20N6O5S. The summed E-state index contributed by atoms with van der Waals surface area (Å²) in [5.41, 5.74) is 10.0. The van der Waals surface area contributed by atoms with Crippen LogP contribution in [0.25, 0.3) is 0 Å². The molecule has 26 heavy (non-hydrogen) atoms. The van der Waals surface area contributed by atoms with Crippen molar-refractivity contribution in [1.29, 1.82) is 0 Å². The molecule has 0 saturated carbocycles. The van der Waals surface area contributed by atoms with Crippen molar-refractivity contribution in [2.45, 2.75) is 42.9 Å². The summed E-state index contributed by atoms with van der Waals surface area (Å²) in [6, 6.07) is -1.45. The van der Waals surface area contributed by atoms with Gasteiger partial charge in [0, 0.05) is 12.2 Å². The fraction of sp³-hybridized carbons (Fsp3) is 0.643. The average Bonchev–Trinajstić information content (AvgIpc) is 3.15. The number of azo groups is 1. The van der Waals surface area contributed by atoms with E-state index < -0.39 is 42.5 Å². The number of nitrogens with two attached hydrogens (primary N) is 1. The van der Waals surface area contributed by atoms with Gasteiger partial charge in [-0.25, -0.2) is 9.97 Å². The number of ether oxygens (including phenoxy) is 1. The molecule has 0 aliphatic carbocycles. The average molecular weight is 384 g/mol. The second-order valence-corrected chi connectivity index (χ2v) is 7.30. The van der Waals surface area contributed by atoms with Crippen LogP contribution < -0.4 is 16.6 Å². The molecule has 1 saturated heterocycles. The van der Waals surface area contributed by atoms with Gasteiger partial charge in [0.25, 0.3) is 0 Å². The van der Waals surface area contributed by atoms with Crippen LogP contribution in [0.5, 0.6) is 0 Å². The Bertz CT molecular complexity index is 706. The zero-order valence-electron chi connectivity index (χ0n) is 13.8. The predicted octanol–water partition coefficient (Wildman–Crippen LogP) is -2.83.